The van der Waals surface area contributed by atoms with Crippen LogP contribution < -0.4 is 5.19 Å². The molecule has 3 aromatic heterocycles. The van der Waals surface area contributed by atoms with Crippen LogP contribution in [0.5, 0.6) is 0 Å². The molecule has 4 aromatic carbocycles. The van der Waals surface area contributed by atoms with Crippen LogP contribution in [0, 0.1) is 17.5 Å². The molecule has 47 heavy (non-hydrogen) atoms. The van der Waals surface area contributed by atoms with Gasteiger partial charge in [-0.3, -0.25) is 0 Å². The van der Waals surface area contributed by atoms with Gasteiger partial charge in [0.1, 0.15) is 0 Å². The Morgan fingerprint density at radius 2 is 1.53 bits per heavy atom. The van der Waals surface area contributed by atoms with Gasteiger partial charge in [0.15, 0.2) is 0 Å². The van der Waals surface area contributed by atoms with E-state index in [9.17, 15) is 0 Å². The van der Waals surface area contributed by atoms with Gasteiger partial charge in [-0.15, -0.1) is 59.7 Å². The smallest absolute Gasteiger partial charge is 0.0795 e. The summed E-state index contributed by atoms with van der Waals surface area (Å²) in [5.41, 5.74) is 6.28. The summed E-state index contributed by atoms with van der Waals surface area (Å²) in [7, 11) is -1.23. The summed E-state index contributed by atoms with van der Waals surface area (Å²) in [6, 6.07) is 43.6. The first-order chi connectivity index (χ1) is 22.8. The van der Waals surface area contributed by atoms with Crippen molar-refractivity contribution in [1.29, 1.82) is 0 Å². The minimum Gasteiger partial charge on any atom is -0.305 e. The van der Waals surface area contributed by atoms with Crippen LogP contribution in [0.15, 0.2) is 122 Å². The van der Waals surface area contributed by atoms with Crippen molar-refractivity contribution in [3.05, 3.63) is 139 Å². The van der Waals surface area contributed by atoms with Crippen molar-refractivity contribution in [2.75, 3.05) is 0 Å². The summed E-state index contributed by atoms with van der Waals surface area (Å²) >= 11 is 1.74. The zero-order valence-electron chi connectivity index (χ0n) is 29.7. The van der Waals surface area contributed by atoms with Crippen molar-refractivity contribution >= 4 is 44.8 Å². The van der Waals surface area contributed by atoms with E-state index >= 15 is 0 Å². The number of hydrogen-bond donors (Lipinski definition) is 0. The fourth-order valence-corrected chi connectivity index (χ4v) is 7.59. The number of nitrogens with zero attached hydrogens (tertiary/aromatic N) is 2. The second kappa shape index (κ2) is 14.6. The van der Waals surface area contributed by atoms with Crippen molar-refractivity contribution in [1.82, 2.24) is 9.97 Å². The van der Waals surface area contributed by atoms with Crippen LogP contribution in [0.3, 0.4) is 0 Å². The molecule has 0 saturated heterocycles. The maximum atomic E-state index is 8.67. The van der Waals surface area contributed by atoms with Crippen LogP contribution in [-0.2, 0) is 26.5 Å². The van der Waals surface area contributed by atoms with Crippen LogP contribution in [0.2, 0.25) is 19.6 Å². The summed E-state index contributed by atoms with van der Waals surface area (Å²) < 4.78 is 19.7. The van der Waals surface area contributed by atoms with E-state index in [0.29, 0.717) is 5.56 Å². The first-order valence-electron chi connectivity index (χ1n) is 16.7. The molecule has 0 fully saturated rings. The third-order valence-corrected chi connectivity index (χ3v) is 10.9. The molecule has 0 saturated carbocycles. The molecule has 1 radical (unpaired) electrons. The van der Waals surface area contributed by atoms with Gasteiger partial charge in [-0.05, 0) is 67.8 Å². The number of pyridine rings is 2. The zero-order chi connectivity index (χ0) is 34.1. The molecule has 0 aliphatic heterocycles. The molecule has 2 nitrogen and oxygen atoms in total. The van der Waals surface area contributed by atoms with Crippen molar-refractivity contribution in [2.24, 2.45) is 5.41 Å². The van der Waals surface area contributed by atoms with Crippen LogP contribution in [0.4, 0.5) is 0 Å². The molecule has 0 unspecified atom stereocenters. The average Bonchev–Trinajstić information content (AvgIpc) is 3.47. The summed E-state index contributed by atoms with van der Waals surface area (Å²) in [5, 5.41) is 3.80. The fourth-order valence-electron chi connectivity index (χ4n) is 5.37. The Labute approximate surface area is 301 Å². The van der Waals surface area contributed by atoms with Crippen LogP contribution >= 0.6 is 11.3 Å². The molecule has 239 valence electrons. The fraction of sp³-hybridized carbons (Fsp3) is 0.190. The molecule has 0 aliphatic carbocycles. The predicted molar refractivity (Wildman–Crippen MR) is 201 cm³/mol. The van der Waals surface area contributed by atoms with Crippen molar-refractivity contribution in [3.63, 3.8) is 0 Å². The number of aromatic nitrogens is 2. The quantitative estimate of drug-likeness (QED) is 0.128. The maximum absolute atomic E-state index is 8.67. The summed E-state index contributed by atoms with van der Waals surface area (Å²) in [5.74, 6) is 0. The van der Waals surface area contributed by atoms with Crippen molar-refractivity contribution in [3.8, 4) is 33.6 Å². The van der Waals surface area contributed by atoms with Gasteiger partial charge >= 0.3 is 0 Å². The molecule has 0 N–H and O–H groups in total. The Hall–Kier alpha value is -3.73. The molecular weight excluding hydrogens is 785 g/mol. The Bertz CT molecular complexity index is 2170. The number of thiophene rings is 1. The second-order valence-electron chi connectivity index (χ2n) is 13.5. The normalized spacial score (nSPS) is 12.5. The molecule has 5 heteroatoms. The van der Waals surface area contributed by atoms with Crippen molar-refractivity contribution in [2.45, 2.75) is 46.8 Å². The van der Waals surface area contributed by atoms with Gasteiger partial charge in [0.05, 0.1) is 8.07 Å². The Kier molecular flexibility index (Phi) is 9.88. The third kappa shape index (κ3) is 8.41. The van der Waals surface area contributed by atoms with E-state index in [4.69, 9.17) is 2.74 Å². The van der Waals surface area contributed by atoms with Gasteiger partial charge in [-0.1, -0.05) is 106 Å². The predicted octanol–water partition coefficient (Wildman–Crippen LogP) is 11.3. The number of fused-ring (bicyclic) bond motifs is 3. The molecule has 7 rings (SSSR count). The van der Waals surface area contributed by atoms with E-state index in [0.717, 1.165) is 27.2 Å². The monoisotopic (exact) mass is 827 g/mol. The third-order valence-electron chi connectivity index (χ3n) is 7.69. The number of rotatable bonds is 5. The number of benzene rings is 4. The molecule has 0 aliphatic rings. The standard InChI is InChI=1S/C28H24NS.C14H16NSi.Ir/c1-28(2,3)18-19-14-15-29-25(16-19)23-11-7-10-22-24-17-21(20-8-5-4-6-9-20)12-13-26(24)30-27(22)23;1-16(2,3)13-9-10-14(15-11-13)12-7-5-4-6-8-12;/h4-10,12-17H,18H2,1-3H3;4-7,9-11H,1-3H3;/q2*-1;/i18D2;;. The summed E-state index contributed by atoms with van der Waals surface area (Å²) in [6.45, 7) is 12.8. The van der Waals surface area contributed by atoms with Crippen LogP contribution in [0.1, 0.15) is 29.1 Å². The Morgan fingerprint density at radius 1 is 0.745 bits per heavy atom. The molecule has 0 amide bonds. The first-order valence-corrected chi connectivity index (χ1v) is 20.0. The van der Waals surface area contributed by atoms with Gasteiger partial charge in [-0.2, -0.15) is 11.3 Å². The van der Waals surface area contributed by atoms with E-state index in [2.05, 4.69) is 102 Å². The average molecular weight is 827 g/mol. The number of hydrogen-bond acceptors (Lipinski definition) is 3. The topological polar surface area (TPSA) is 25.8 Å². The van der Waals surface area contributed by atoms with Gasteiger partial charge in [0, 0.05) is 39.9 Å². The van der Waals surface area contributed by atoms with Crippen LogP contribution in [0.25, 0.3) is 53.8 Å². The first kappa shape index (κ1) is 31.8. The van der Waals surface area contributed by atoms with E-state index < -0.39 is 19.9 Å². The Balaban J connectivity index is 0.000000233. The largest absolute Gasteiger partial charge is 0.305 e. The second-order valence-corrected chi connectivity index (χ2v) is 19.7. The molecule has 0 spiro atoms. The molecule has 7 aromatic rings. The minimum absolute atomic E-state index is 0. The molecule has 3 heterocycles. The van der Waals surface area contributed by atoms with Gasteiger partial charge in [0.2, 0.25) is 0 Å². The molecule has 0 atom stereocenters. The van der Waals surface area contributed by atoms with Crippen LogP contribution in [-0.4, -0.2) is 18.0 Å². The van der Waals surface area contributed by atoms with E-state index in [-0.39, 0.29) is 20.1 Å². The van der Waals surface area contributed by atoms with Gasteiger partial charge < -0.3 is 9.97 Å². The van der Waals surface area contributed by atoms with E-state index in [1.165, 1.54) is 31.8 Å². The molecule has 0 bridgehead atoms. The minimum atomic E-state index is -1.47. The van der Waals surface area contributed by atoms with E-state index in [1.54, 1.807) is 23.6 Å². The van der Waals surface area contributed by atoms with Gasteiger partial charge in [-0.25, -0.2) is 0 Å². The molecular formula is C42H40IrN2SSi-2. The summed E-state index contributed by atoms with van der Waals surface area (Å²) in [4.78, 5) is 9.12. The summed E-state index contributed by atoms with van der Waals surface area (Å²) in [6.07, 6.45) is 2.26. The Morgan fingerprint density at radius 3 is 2.21 bits per heavy atom. The van der Waals surface area contributed by atoms with Gasteiger partial charge in [0.25, 0.3) is 0 Å². The van der Waals surface area contributed by atoms with Crippen molar-refractivity contribution < 1.29 is 22.8 Å². The SMILES string of the molecule is C[Si](C)(C)c1ccc(-c2[c-]cccc2)nc1.[2H]C([2H])(c1ccnc(-c2[c-]ccc3c2sc2ccc(-c4ccccc4)cc23)c1)C(C)(C)C.[Ir]. The zero-order valence-corrected chi connectivity index (χ0v) is 31.9. The maximum Gasteiger partial charge on any atom is 0.0795 e. The van der Waals surface area contributed by atoms with E-state index in [1.807, 2.05) is 69.4 Å².